The molecule has 0 fully saturated rings. The van der Waals surface area contributed by atoms with Crippen molar-refractivity contribution in [2.75, 3.05) is 0 Å². The smallest absolute Gasteiger partial charge is 0.429 e. The SMILES string of the molecule is CCCCCCCc1ccc(-c2ccc(-c3cc(F)c(C(F)(F)Oc4ccc(-c5ccc(C(F)=CF)c(F)c5)c(F)c4)c(F)c3)c(F)c2)cc1. The van der Waals surface area contributed by atoms with E-state index in [0.29, 0.717) is 29.8 Å². The molecule has 0 aliphatic carbocycles. The lowest BCUT2D eigenvalue weighted by atomic mass is 9.97. The number of unbranched alkanes of at least 4 members (excludes halogenated alkanes) is 4. The van der Waals surface area contributed by atoms with Crippen molar-refractivity contribution < 1.29 is 44.3 Å². The third-order valence-electron chi connectivity index (χ3n) is 8.29. The van der Waals surface area contributed by atoms with E-state index >= 15 is 22.0 Å². The van der Waals surface area contributed by atoms with Crippen LogP contribution in [0.3, 0.4) is 0 Å². The maximum Gasteiger partial charge on any atom is 0.432 e. The molecular formula is C40H31F9O. The Morgan fingerprint density at radius 1 is 0.600 bits per heavy atom. The molecule has 0 N–H and O–H groups in total. The van der Waals surface area contributed by atoms with Gasteiger partial charge in [-0.05, 0) is 83.1 Å². The standard InChI is InChI=1S/C40H31F9O/c1-2-3-4-5-6-7-24-8-10-25(11-9-24)26-12-15-31(33(42)18-26)28-20-36(45)39(37(46)21-28)40(48,49)50-29-14-17-30(35(44)22-29)27-13-16-32(34(43)19-27)38(47)23-41/h8-23H,2-7H2,1H3. The molecule has 0 saturated carbocycles. The lowest BCUT2D eigenvalue weighted by Gasteiger charge is -2.20. The van der Waals surface area contributed by atoms with Gasteiger partial charge in [0, 0.05) is 22.8 Å². The summed E-state index contributed by atoms with van der Waals surface area (Å²) in [5.41, 5.74) is -1.10. The summed E-state index contributed by atoms with van der Waals surface area (Å²) in [4.78, 5) is 0. The van der Waals surface area contributed by atoms with Crippen molar-refractivity contribution in [3.63, 3.8) is 0 Å². The Hall–Kier alpha value is -4.99. The Kier molecular flexibility index (Phi) is 11.4. The summed E-state index contributed by atoms with van der Waals surface area (Å²) in [6.07, 6.45) is 1.64. The molecule has 5 aromatic rings. The second kappa shape index (κ2) is 15.7. The van der Waals surface area contributed by atoms with E-state index in [1.54, 1.807) is 6.07 Å². The first-order chi connectivity index (χ1) is 23.9. The van der Waals surface area contributed by atoms with Gasteiger partial charge < -0.3 is 4.74 Å². The van der Waals surface area contributed by atoms with Crippen LogP contribution in [0, 0.1) is 29.1 Å². The molecule has 0 spiro atoms. The molecule has 1 nitrogen and oxygen atoms in total. The molecule has 10 heteroatoms. The minimum absolute atomic E-state index is 0.136. The van der Waals surface area contributed by atoms with Crippen LogP contribution >= 0.6 is 0 Å². The first-order valence-corrected chi connectivity index (χ1v) is 15.9. The first-order valence-electron chi connectivity index (χ1n) is 15.9. The number of hydrogen-bond donors (Lipinski definition) is 0. The molecule has 0 aliphatic rings. The molecular weight excluding hydrogens is 667 g/mol. The lowest BCUT2D eigenvalue weighted by Crippen LogP contribution is -2.25. The van der Waals surface area contributed by atoms with Crippen molar-refractivity contribution in [2.45, 2.75) is 51.6 Å². The molecule has 0 amide bonds. The van der Waals surface area contributed by atoms with Gasteiger partial charge in [0.15, 0.2) is 5.83 Å². The van der Waals surface area contributed by atoms with Gasteiger partial charge in [-0.1, -0.05) is 75.1 Å². The third kappa shape index (κ3) is 8.23. The van der Waals surface area contributed by atoms with E-state index in [9.17, 15) is 17.6 Å². The van der Waals surface area contributed by atoms with E-state index in [1.165, 1.54) is 31.4 Å². The van der Waals surface area contributed by atoms with Crippen LogP contribution in [0.15, 0.2) is 97.3 Å². The van der Waals surface area contributed by atoms with Crippen LogP contribution in [0.2, 0.25) is 0 Å². The Morgan fingerprint density at radius 3 is 1.78 bits per heavy atom. The predicted octanol–water partition coefficient (Wildman–Crippen LogP) is 13.3. The molecule has 5 aromatic carbocycles. The summed E-state index contributed by atoms with van der Waals surface area (Å²) in [5.74, 6) is -9.01. The molecule has 0 aliphatic heterocycles. The largest absolute Gasteiger partial charge is 0.432 e. The average molecular weight is 699 g/mol. The van der Waals surface area contributed by atoms with Crippen molar-refractivity contribution >= 4 is 5.83 Å². The van der Waals surface area contributed by atoms with Crippen molar-refractivity contribution in [3.05, 3.63) is 143 Å². The predicted molar refractivity (Wildman–Crippen MR) is 176 cm³/mol. The van der Waals surface area contributed by atoms with Crippen molar-refractivity contribution in [1.82, 2.24) is 0 Å². The monoisotopic (exact) mass is 698 g/mol. The molecule has 0 aromatic heterocycles. The molecule has 0 unspecified atom stereocenters. The van der Waals surface area contributed by atoms with E-state index in [-0.39, 0.29) is 22.3 Å². The van der Waals surface area contributed by atoms with E-state index < -0.39 is 64.2 Å². The summed E-state index contributed by atoms with van der Waals surface area (Å²) in [5, 5.41) is 0. The highest BCUT2D eigenvalue weighted by Crippen LogP contribution is 2.39. The lowest BCUT2D eigenvalue weighted by molar-refractivity contribution is -0.189. The van der Waals surface area contributed by atoms with Gasteiger partial charge in [0.05, 0.1) is 0 Å². The highest BCUT2D eigenvalue weighted by atomic mass is 19.3. The second-order valence-electron chi connectivity index (χ2n) is 11.8. The van der Waals surface area contributed by atoms with Gasteiger partial charge in [0.2, 0.25) is 0 Å². The summed E-state index contributed by atoms with van der Waals surface area (Å²) in [6.45, 7) is 2.16. The maximum absolute atomic E-state index is 15.2. The first kappa shape index (κ1) is 36.3. The molecule has 260 valence electrons. The van der Waals surface area contributed by atoms with E-state index in [0.717, 1.165) is 54.7 Å². The third-order valence-corrected chi connectivity index (χ3v) is 8.29. The summed E-state index contributed by atoms with van der Waals surface area (Å²) in [7, 11) is 0. The maximum atomic E-state index is 15.2. The van der Waals surface area contributed by atoms with Gasteiger partial charge in [0.1, 0.15) is 46.7 Å². The van der Waals surface area contributed by atoms with E-state index in [1.807, 2.05) is 24.3 Å². The van der Waals surface area contributed by atoms with Gasteiger partial charge in [-0.2, -0.15) is 8.78 Å². The van der Waals surface area contributed by atoms with Gasteiger partial charge in [0.25, 0.3) is 0 Å². The van der Waals surface area contributed by atoms with Crippen LogP contribution in [0.1, 0.15) is 55.7 Å². The molecule has 5 rings (SSSR count). The van der Waals surface area contributed by atoms with Crippen LogP contribution in [0.25, 0.3) is 39.2 Å². The average Bonchev–Trinajstić information content (AvgIpc) is 3.07. The summed E-state index contributed by atoms with van der Waals surface area (Å²) in [6, 6.07) is 17.7. The highest BCUT2D eigenvalue weighted by molar-refractivity contribution is 5.72. The number of halogens is 9. The van der Waals surface area contributed by atoms with Crippen LogP contribution in [0.5, 0.6) is 5.75 Å². The topological polar surface area (TPSA) is 9.23 Å². The van der Waals surface area contributed by atoms with Crippen LogP contribution in [-0.2, 0) is 12.5 Å². The van der Waals surface area contributed by atoms with Crippen LogP contribution < -0.4 is 4.74 Å². The highest BCUT2D eigenvalue weighted by Gasteiger charge is 2.41. The van der Waals surface area contributed by atoms with Gasteiger partial charge >= 0.3 is 6.11 Å². The minimum Gasteiger partial charge on any atom is -0.429 e. The van der Waals surface area contributed by atoms with Gasteiger partial charge in [-0.15, -0.1) is 0 Å². The Morgan fingerprint density at radius 2 is 1.16 bits per heavy atom. The fourth-order valence-corrected chi connectivity index (χ4v) is 5.66. The second-order valence-corrected chi connectivity index (χ2v) is 11.8. The van der Waals surface area contributed by atoms with Crippen molar-refractivity contribution in [1.29, 1.82) is 0 Å². The quantitative estimate of drug-likeness (QED) is 0.0879. The number of alkyl halides is 2. The fourth-order valence-electron chi connectivity index (χ4n) is 5.66. The van der Waals surface area contributed by atoms with Crippen LogP contribution in [-0.4, -0.2) is 0 Å². The molecule has 0 heterocycles. The summed E-state index contributed by atoms with van der Waals surface area (Å²) < 4.78 is 135. The Bertz CT molecular complexity index is 1980. The molecule has 0 radical (unpaired) electrons. The zero-order valence-electron chi connectivity index (χ0n) is 26.8. The molecule has 0 atom stereocenters. The number of hydrogen-bond acceptors (Lipinski definition) is 1. The fraction of sp³-hybridized carbons (Fsp3) is 0.200. The Labute approximate surface area is 283 Å². The van der Waals surface area contributed by atoms with Gasteiger partial charge in [-0.3, -0.25) is 0 Å². The number of aryl methyl sites for hydroxylation is 1. The minimum atomic E-state index is -4.64. The van der Waals surface area contributed by atoms with E-state index in [2.05, 4.69) is 11.7 Å². The zero-order chi connectivity index (χ0) is 36.0. The van der Waals surface area contributed by atoms with Gasteiger partial charge in [-0.25, -0.2) is 30.7 Å². The molecule has 50 heavy (non-hydrogen) atoms. The molecule has 0 saturated heterocycles. The number of benzene rings is 5. The molecule has 0 bridgehead atoms. The van der Waals surface area contributed by atoms with Crippen molar-refractivity contribution in [2.24, 2.45) is 0 Å². The van der Waals surface area contributed by atoms with Crippen LogP contribution in [0.4, 0.5) is 39.5 Å². The Balaban J connectivity index is 1.31. The number of ether oxygens (including phenoxy) is 1. The van der Waals surface area contributed by atoms with Crippen molar-refractivity contribution in [3.8, 4) is 39.1 Å². The summed E-state index contributed by atoms with van der Waals surface area (Å²) >= 11 is 0. The normalized spacial score (nSPS) is 12.0. The number of rotatable bonds is 13. The zero-order valence-corrected chi connectivity index (χ0v) is 26.8. The van der Waals surface area contributed by atoms with E-state index in [4.69, 9.17) is 0 Å².